The number of nitrogens with one attached hydrogen (secondary N) is 1. The second kappa shape index (κ2) is 10.2. The summed E-state index contributed by atoms with van der Waals surface area (Å²) in [6.07, 6.45) is 0. The molecule has 1 aliphatic heterocycles. The van der Waals surface area contributed by atoms with Crippen molar-refractivity contribution in [3.05, 3.63) is 124 Å². The van der Waals surface area contributed by atoms with Gasteiger partial charge in [0.05, 0.1) is 13.2 Å². The van der Waals surface area contributed by atoms with Crippen LogP contribution in [0.5, 0.6) is 5.88 Å². The smallest absolute Gasteiger partial charge is 0.237 e. The second-order valence-corrected chi connectivity index (χ2v) is 10.0. The van der Waals surface area contributed by atoms with E-state index in [9.17, 15) is 4.79 Å². The summed E-state index contributed by atoms with van der Waals surface area (Å²) in [5, 5.41) is 3.12. The Bertz CT molecular complexity index is 1320. The summed E-state index contributed by atoms with van der Waals surface area (Å²) < 4.78 is 6.37. The predicted octanol–water partition coefficient (Wildman–Crippen LogP) is 6.14. The maximum absolute atomic E-state index is 14.0. The SMILES string of the molecule is COc1nc(C)ccc1NC(=O)C1(c2ccccc2Br)CN(C(c2ccccc2)c2ccccc2)C1. The molecule has 5 nitrogen and oxygen atoms in total. The lowest BCUT2D eigenvalue weighted by molar-refractivity contribution is -0.129. The van der Waals surface area contributed by atoms with Crippen molar-refractivity contribution in [2.24, 2.45) is 0 Å². The van der Waals surface area contributed by atoms with E-state index in [0.29, 0.717) is 24.7 Å². The van der Waals surface area contributed by atoms with Crippen molar-refractivity contribution in [3.8, 4) is 5.88 Å². The minimum atomic E-state index is -0.738. The van der Waals surface area contributed by atoms with Crippen LogP contribution in [0.15, 0.2) is 102 Å². The van der Waals surface area contributed by atoms with Crippen molar-refractivity contribution in [2.45, 2.75) is 18.4 Å². The summed E-state index contributed by atoms with van der Waals surface area (Å²) >= 11 is 3.71. The van der Waals surface area contributed by atoms with Gasteiger partial charge >= 0.3 is 0 Å². The molecule has 1 fully saturated rings. The highest BCUT2D eigenvalue weighted by atomic mass is 79.9. The molecule has 0 spiro atoms. The van der Waals surface area contributed by atoms with E-state index in [0.717, 1.165) is 15.7 Å². The van der Waals surface area contributed by atoms with Crippen molar-refractivity contribution in [3.63, 3.8) is 0 Å². The molecule has 1 aromatic heterocycles. The Morgan fingerprint density at radius 3 is 2.08 bits per heavy atom. The number of anilines is 1. The number of carbonyl (C=O) groups excluding carboxylic acids is 1. The second-order valence-electron chi connectivity index (χ2n) is 9.15. The van der Waals surface area contributed by atoms with E-state index in [1.165, 1.54) is 11.1 Å². The van der Waals surface area contributed by atoms with Crippen molar-refractivity contribution in [1.82, 2.24) is 9.88 Å². The monoisotopic (exact) mass is 541 g/mol. The number of benzene rings is 3. The fourth-order valence-electron chi connectivity index (χ4n) is 5.03. The summed E-state index contributed by atoms with van der Waals surface area (Å²) in [6.45, 7) is 3.03. The zero-order valence-corrected chi connectivity index (χ0v) is 21.9. The van der Waals surface area contributed by atoms with Crippen LogP contribution < -0.4 is 10.1 Å². The minimum absolute atomic E-state index is 0.0476. The van der Waals surface area contributed by atoms with Gasteiger partial charge in [0.15, 0.2) is 0 Å². The lowest BCUT2D eigenvalue weighted by Crippen LogP contribution is -2.65. The third kappa shape index (κ3) is 4.54. The standard InChI is InChI=1S/C30H28BrN3O2/c1-21-17-18-26(28(32-21)36-2)33-29(35)30(24-15-9-10-16-25(24)31)19-34(20-30)27(22-11-5-3-6-12-22)23-13-7-4-8-14-23/h3-18,27H,19-20H2,1-2H3,(H,33,35). The molecule has 1 saturated heterocycles. The average Bonchev–Trinajstić information content (AvgIpc) is 2.88. The molecule has 0 radical (unpaired) electrons. The number of aromatic nitrogens is 1. The Hall–Kier alpha value is -3.48. The highest BCUT2D eigenvalue weighted by Gasteiger charge is 2.53. The van der Waals surface area contributed by atoms with Crippen LogP contribution in [-0.4, -0.2) is 36.0 Å². The summed E-state index contributed by atoms with van der Waals surface area (Å²) in [5.41, 5.74) is 4.04. The van der Waals surface area contributed by atoms with E-state index in [-0.39, 0.29) is 11.9 Å². The molecule has 36 heavy (non-hydrogen) atoms. The van der Waals surface area contributed by atoms with E-state index >= 15 is 0 Å². The number of ether oxygens (including phenoxy) is 1. The zero-order chi connectivity index (χ0) is 25.1. The number of methoxy groups -OCH3 is 1. The number of hydrogen-bond donors (Lipinski definition) is 1. The first-order valence-corrected chi connectivity index (χ1v) is 12.7. The molecule has 4 aromatic rings. The highest BCUT2D eigenvalue weighted by Crippen LogP contribution is 2.45. The lowest BCUT2D eigenvalue weighted by atomic mass is 9.71. The molecule has 0 atom stereocenters. The van der Waals surface area contributed by atoms with Gasteiger partial charge in [0.25, 0.3) is 0 Å². The Kier molecular flexibility index (Phi) is 6.90. The van der Waals surface area contributed by atoms with Crippen LogP contribution in [0, 0.1) is 6.92 Å². The number of carbonyl (C=O) groups is 1. The Labute approximate surface area is 220 Å². The minimum Gasteiger partial charge on any atom is -0.480 e. The van der Waals surface area contributed by atoms with Gasteiger partial charge < -0.3 is 10.1 Å². The van der Waals surface area contributed by atoms with Crippen LogP contribution in [0.4, 0.5) is 5.69 Å². The number of likely N-dealkylation sites (tertiary alicyclic amines) is 1. The van der Waals surface area contributed by atoms with E-state index in [1.54, 1.807) is 7.11 Å². The van der Waals surface area contributed by atoms with Crippen LogP contribution in [0.25, 0.3) is 0 Å². The summed E-state index contributed by atoms with van der Waals surface area (Å²) in [7, 11) is 1.57. The average molecular weight is 542 g/mol. The van der Waals surface area contributed by atoms with Gasteiger partial charge in [0.2, 0.25) is 11.8 Å². The fraction of sp³-hybridized carbons (Fsp3) is 0.200. The Balaban J connectivity index is 1.51. The van der Waals surface area contributed by atoms with Gasteiger partial charge in [-0.1, -0.05) is 94.8 Å². The van der Waals surface area contributed by atoms with E-state index in [4.69, 9.17) is 4.74 Å². The van der Waals surface area contributed by atoms with Gasteiger partial charge in [-0.3, -0.25) is 9.69 Å². The molecule has 1 amide bonds. The number of amides is 1. The summed E-state index contributed by atoms with van der Waals surface area (Å²) in [5.74, 6) is 0.336. The number of hydrogen-bond acceptors (Lipinski definition) is 4. The van der Waals surface area contributed by atoms with Gasteiger partial charge in [-0.05, 0) is 41.8 Å². The van der Waals surface area contributed by atoms with Gasteiger partial charge in [-0.2, -0.15) is 0 Å². The van der Waals surface area contributed by atoms with Gasteiger partial charge in [-0.15, -0.1) is 0 Å². The largest absolute Gasteiger partial charge is 0.480 e. The van der Waals surface area contributed by atoms with Crippen LogP contribution >= 0.6 is 15.9 Å². The first kappa shape index (κ1) is 24.2. The molecule has 1 aliphatic rings. The first-order chi connectivity index (χ1) is 17.5. The van der Waals surface area contributed by atoms with Crippen LogP contribution in [0.1, 0.15) is 28.4 Å². The number of nitrogens with zero attached hydrogens (tertiary/aromatic N) is 2. The molecule has 6 heteroatoms. The van der Waals surface area contributed by atoms with E-state index < -0.39 is 5.41 Å². The normalized spacial score (nSPS) is 14.8. The van der Waals surface area contributed by atoms with Crippen molar-refractivity contribution in [1.29, 1.82) is 0 Å². The van der Waals surface area contributed by atoms with Crippen LogP contribution in [0.3, 0.4) is 0 Å². The summed E-state index contributed by atoms with van der Waals surface area (Å²) in [4.78, 5) is 20.8. The van der Waals surface area contributed by atoms with Crippen molar-refractivity contribution >= 4 is 27.5 Å². The molecule has 1 N–H and O–H groups in total. The third-order valence-electron chi connectivity index (χ3n) is 6.81. The first-order valence-electron chi connectivity index (χ1n) is 11.9. The molecule has 0 aliphatic carbocycles. The fourth-order valence-corrected chi connectivity index (χ4v) is 5.69. The molecule has 0 saturated carbocycles. The van der Waals surface area contributed by atoms with Crippen LogP contribution in [-0.2, 0) is 10.2 Å². The Morgan fingerprint density at radius 1 is 0.917 bits per heavy atom. The number of rotatable bonds is 7. The zero-order valence-electron chi connectivity index (χ0n) is 20.3. The molecule has 3 aromatic carbocycles. The number of pyridine rings is 1. The maximum atomic E-state index is 14.0. The summed E-state index contributed by atoms with van der Waals surface area (Å²) in [6, 6.07) is 32.7. The van der Waals surface area contributed by atoms with Crippen molar-refractivity contribution < 1.29 is 9.53 Å². The number of aryl methyl sites for hydroxylation is 1. The van der Waals surface area contributed by atoms with E-state index in [2.05, 4.69) is 79.7 Å². The lowest BCUT2D eigenvalue weighted by Gasteiger charge is -2.52. The van der Waals surface area contributed by atoms with Crippen molar-refractivity contribution in [2.75, 3.05) is 25.5 Å². The Morgan fingerprint density at radius 2 is 1.50 bits per heavy atom. The predicted molar refractivity (Wildman–Crippen MR) is 146 cm³/mol. The molecule has 0 bridgehead atoms. The molecule has 5 rings (SSSR count). The van der Waals surface area contributed by atoms with Gasteiger partial charge in [-0.25, -0.2) is 4.98 Å². The molecule has 182 valence electrons. The van der Waals surface area contributed by atoms with Crippen LogP contribution in [0.2, 0.25) is 0 Å². The quantitative estimate of drug-likeness (QED) is 0.305. The molecular weight excluding hydrogens is 514 g/mol. The third-order valence-corrected chi connectivity index (χ3v) is 7.50. The number of halogens is 1. The maximum Gasteiger partial charge on any atom is 0.237 e. The molecular formula is C30H28BrN3O2. The highest BCUT2D eigenvalue weighted by molar-refractivity contribution is 9.10. The van der Waals surface area contributed by atoms with Gasteiger partial charge in [0, 0.05) is 23.3 Å². The molecule has 2 heterocycles. The topological polar surface area (TPSA) is 54.5 Å². The van der Waals surface area contributed by atoms with E-state index in [1.807, 2.05) is 55.5 Å². The van der Waals surface area contributed by atoms with Gasteiger partial charge in [0.1, 0.15) is 11.1 Å². The molecule has 0 unspecified atom stereocenters.